The van der Waals surface area contributed by atoms with Crippen molar-refractivity contribution in [3.05, 3.63) is 62.8 Å². The summed E-state index contributed by atoms with van der Waals surface area (Å²) < 4.78 is 14.1. The predicted octanol–water partition coefficient (Wildman–Crippen LogP) is 5.34. The third-order valence-electron chi connectivity index (χ3n) is 3.44. The van der Waals surface area contributed by atoms with Gasteiger partial charge in [-0.3, -0.25) is 0 Å². The molecule has 0 fully saturated rings. The van der Waals surface area contributed by atoms with Gasteiger partial charge >= 0.3 is 0 Å². The van der Waals surface area contributed by atoms with E-state index in [1.54, 1.807) is 6.07 Å². The molecule has 0 saturated carbocycles. The molecule has 0 aliphatic heterocycles. The maximum Gasteiger partial charge on any atom is 0.123 e. The highest BCUT2D eigenvalue weighted by Gasteiger charge is 2.23. The molecule has 0 saturated heterocycles. The molecule has 1 N–H and O–H groups in total. The first-order chi connectivity index (χ1) is 9.13. The number of rotatable bonds is 2. The largest absolute Gasteiger partial charge is 0.377 e. The van der Waals surface area contributed by atoms with Crippen molar-refractivity contribution in [2.75, 3.05) is 5.32 Å². The molecule has 0 bridgehead atoms. The third kappa shape index (κ3) is 2.63. The Balaban J connectivity index is 1.86. The molecule has 1 unspecified atom stereocenters. The molecular formula is C15H12BrClFN. The van der Waals surface area contributed by atoms with Crippen LogP contribution in [0.3, 0.4) is 0 Å². The second-order valence-electron chi connectivity index (χ2n) is 4.70. The summed E-state index contributed by atoms with van der Waals surface area (Å²) in [6.07, 6.45) is 1.89. The predicted molar refractivity (Wildman–Crippen MR) is 80.2 cm³/mol. The van der Waals surface area contributed by atoms with Crippen LogP contribution in [0.15, 0.2) is 40.9 Å². The monoisotopic (exact) mass is 339 g/mol. The molecule has 1 aliphatic carbocycles. The zero-order chi connectivity index (χ0) is 13.4. The lowest BCUT2D eigenvalue weighted by Gasteiger charge is -2.17. The molecule has 3 rings (SSSR count). The van der Waals surface area contributed by atoms with E-state index in [0.29, 0.717) is 5.02 Å². The number of hydrogen-bond donors (Lipinski definition) is 1. The first kappa shape index (κ1) is 12.9. The molecule has 98 valence electrons. The van der Waals surface area contributed by atoms with Gasteiger partial charge in [0.05, 0.1) is 6.04 Å². The smallest absolute Gasteiger partial charge is 0.123 e. The summed E-state index contributed by atoms with van der Waals surface area (Å²) in [6, 6.07) is 10.9. The lowest BCUT2D eigenvalue weighted by molar-refractivity contribution is 0.626. The summed E-state index contributed by atoms with van der Waals surface area (Å²) in [6.45, 7) is 0. The van der Waals surface area contributed by atoms with E-state index in [1.165, 1.54) is 11.6 Å². The van der Waals surface area contributed by atoms with Crippen LogP contribution in [0.25, 0.3) is 0 Å². The van der Waals surface area contributed by atoms with Crippen LogP contribution in [0.5, 0.6) is 0 Å². The second-order valence-corrected chi connectivity index (χ2v) is 5.99. The Kier molecular flexibility index (Phi) is 3.50. The molecule has 19 heavy (non-hydrogen) atoms. The highest BCUT2D eigenvalue weighted by molar-refractivity contribution is 9.10. The Hall–Kier alpha value is -1.06. The quantitative estimate of drug-likeness (QED) is 0.778. The fraction of sp³-hybridized carbons (Fsp3) is 0.200. The van der Waals surface area contributed by atoms with Gasteiger partial charge in [0.2, 0.25) is 0 Å². The van der Waals surface area contributed by atoms with Crippen molar-refractivity contribution >= 4 is 33.2 Å². The SMILES string of the molecule is Fc1ccc2c(c1)CCC2Nc1ccc(Cl)cc1Br. The number of hydrogen-bond acceptors (Lipinski definition) is 1. The van der Waals surface area contributed by atoms with Gasteiger partial charge in [-0.25, -0.2) is 4.39 Å². The van der Waals surface area contributed by atoms with Crippen molar-refractivity contribution in [3.8, 4) is 0 Å². The third-order valence-corrected chi connectivity index (χ3v) is 4.33. The second kappa shape index (κ2) is 5.14. The van der Waals surface area contributed by atoms with Crippen LogP contribution in [0.2, 0.25) is 5.02 Å². The van der Waals surface area contributed by atoms with E-state index in [-0.39, 0.29) is 11.9 Å². The van der Waals surface area contributed by atoms with E-state index >= 15 is 0 Å². The summed E-state index contributed by atoms with van der Waals surface area (Å²) in [5.41, 5.74) is 3.29. The molecule has 0 aromatic heterocycles. The fourth-order valence-electron chi connectivity index (χ4n) is 2.53. The van der Waals surface area contributed by atoms with Crippen LogP contribution in [0, 0.1) is 5.82 Å². The highest BCUT2D eigenvalue weighted by atomic mass is 79.9. The zero-order valence-electron chi connectivity index (χ0n) is 10.1. The van der Waals surface area contributed by atoms with Gasteiger partial charge in [-0.15, -0.1) is 0 Å². The molecule has 0 amide bonds. The van der Waals surface area contributed by atoms with Crippen molar-refractivity contribution in [3.63, 3.8) is 0 Å². The van der Waals surface area contributed by atoms with Crippen molar-refractivity contribution < 1.29 is 4.39 Å². The lowest BCUT2D eigenvalue weighted by Crippen LogP contribution is -2.07. The molecule has 2 aromatic carbocycles. The maximum absolute atomic E-state index is 13.2. The molecule has 1 aliphatic rings. The number of benzene rings is 2. The summed E-state index contributed by atoms with van der Waals surface area (Å²) in [5.74, 6) is -0.160. The van der Waals surface area contributed by atoms with E-state index in [2.05, 4.69) is 21.2 Å². The normalized spacial score (nSPS) is 17.3. The van der Waals surface area contributed by atoms with Crippen LogP contribution < -0.4 is 5.32 Å². The molecule has 0 radical (unpaired) electrons. The van der Waals surface area contributed by atoms with Crippen molar-refractivity contribution in [2.24, 2.45) is 0 Å². The Morgan fingerprint density at radius 3 is 2.84 bits per heavy atom. The Morgan fingerprint density at radius 1 is 1.21 bits per heavy atom. The summed E-state index contributed by atoms with van der Waals surface area (Å²) in [7, 11) is 0. The average Bonchev–Trinajstić information content (AvgIpc) is 2.75. The molecule has 0 spiro atoms. The van der Waals surface area contributed by atoms with Gasteiger partial charge in [0.25, 0.3) is 0 Å². The topological polar surface area (TPSA) is 12.0 Å². The van der Waals surface area contributed by atoms with E-state index in [0.717, 1.165) is 28.6 Å². The van der Waals surface area contributed by atoms with Gasteiger partial charge in [0.1, 0.15) is 5.82 Å². The van der Waals surface area contributed by atoms with E-state index in [9.17, 15) is 4.39 Å². The van der Waals surface area contributed by atoms with Crippen LogP contribution >= 0.6 is 27.5 Å². The van der Waals surface area contributed by atoms with Crippen molar-refractivity contribution in [2.45, 2.75) is 18.9 Å². The van der Waals surface area contributed by atoms with Gasteiger partial charge in [0, 0.05) is 15.2 Å². The zero-order valence-corrected chi connectivity index (χ0v) is 12.4. The minimum atomic E-state index is -0.160. The van der Waals surface area contributed by atoms with E-state index < -0.39 is 0 Å². The van der Waals surface area contributed by atoms with E-state index in [4.69, 9.17) is 11.6 Å². The molecule has 2 aromatic rings. The molecule has 4 heteroatoms. The van der Waals surface area contributed by atoms with Crippen molar-refractivity contribution in [1.29, 1.82) is 0 Å². The van der Waals surface area contributed by atoms with E-state index in [1.807, 2.05) is 24.3 Å². The number of halogens is 3. The van der Waals surface area contributed by atoms with Gasteiger partial charge in [-0.1, -0.05) is 17.7 Å². The van der Waals surface area contributed by atoms with Crippen LogP contribution in [-0.2, 0) is 6.42 Å². The molecule has 0 heterocycles. The van der Waals surface area contributed by atoms with Gasteiger partial charge in [-0.2, -0.15) is 0 Å². The summed E-state index contributed by atoms with van der Waals surface area (Å²) >= 11 is 9.43. The Bertz CT molecular complexity index is 630. The summed E-state index contributed by atoms with van der Waals surface area (Å²) in [4.78, 5) is 0. The average molecular weight is 341 g/mol. The fourth-order valence-corrected chi connectivity index (χ4v) is 3.33. The number of anilines is 1. The van der Waals surface area contributed by atoms with Gasteiger partial charge in [0.15, 0.2) is 0 Å². The minimum Gasteiger partial charge on any atom is -0.377 e. The minimum absolute atomic E-state index is 0.160. The molecule has 1 nitrogen and oxygen atoms in total. The Labute approximate surface area is 124 Å². The molecular weight excluding hydrogens is 329 g/mol. The standard InChI is InChI=1S/C15H12BrClFN/c16-13-8-10(17)2-6-15(13)19-14-5-1-9-7-11(18)3-4-12(9)14/h2-4,6-8,14,19H,1,5H2. The first-order valence-corrected chi connectivity index (χ1v) is 7.30. The van der Waals surface area contributed by atoms with Crippen LogP contribution in [0.1, 0.15) is 23.6 Å². The van der Waals surface area contributed by atoms with Crippen LogP contribution in [0.4, 0.5) is 10.1 Å². The highest BCUT2D eigenvalue weighted by Crippen LogP contribution is 2.36. The number of fused-ring (bicyclic) bond motifs is 1. The summed E-state index contributed by atoms with van der Waals surface area (Å²) in [5, 5.41) is 4.18. The Morgan fingerprint density at radius 2 is 2.05 bits per heavy atom. The van der Waals surface area contributed by atoms with Gasteiger partial charge < -0.3 is 5.32 Å². The number of nitrogens with one attached hydrogen (secondary N) is 1. The molecule has 1 atom stereocenters. The first-order valence-electron chi connectivity index (χ1n) is 6.13. The van der Waals surface area contributed by atoms with Crippen molar-refractivity contribution in [1.82, 2.24) is 0 Å². The maximum atomic E-state index is 13.2. The van der Waals surface area contributed by atoms with Crippen LogP contribution in [-0.4, -0.2) is 0 Å². The van der Waals surface area contributed by atoms with Gasteiger partial charge in [-0.05, 0) is 70.2 Å². The number of aryl methyl sites for hydroxylation is 1. The lowest BCUT2D eigenvalue weighted by atomic mass is 10.1.